The summed E-state index contributed by atoms with van der Waals surface area (Å²) in [6.07, 6.45) is 0. The van der Waals surface area contributed by atoms with Gasteiger partial charge in [-0.05, 0) is 24.6 Å². The summed E-state index contributed by atoms with van der Waals surface area (Å²) in [5.41, 5.74) is 6.83. The smallest absolute Gasteiger partial charge is 0.227 e. The van der Waals surface area contributed by atoms with E-state index in [9.17, 15) is 4.79 Å². The van der Waals surface area contributed by atoms with Gasteiger partial charge in [-0.2, -0.15) is 0 Å². The standard InChI is InChI=1S/C14H20N2O3/c1-9(10-4-3-5-11(6-10)18-2)16-14(17)12-7-19-8-13(12)15/h3-6,9,12-13H,7-8,15H2,1-2H3,(H,16,17)/t9-,12?,13?/m1/s1. The second kappa shape index (κ2) is 6.04. The fourth-order valence-corrected chi connectivity index (χ4v) is 2.16. The number of amides is 1. The van der Waals surface area contributed by atoms with Crippen molar-refractivity contribution in [1.82, 2.24) is 5.32 Å². The van der Waals surface area contributed by atoms with Crippen molar-refractivity contribution in [2.24, 2.45) is 11.7 Å². The lowest BCUT2D eigenvalue weighted by Crippen LogP contribution is -2.41. The van der Waals surface area contributed by atoms with Crippen LogP contribution in [0.4, 0.5) is 0 Å². The molecule has 1 aromatic carbocycles. The third-order valence-corrected chi connectivity index (χ3v) is 3.41. The van der Waals surface area contributed by atoms with Crippen LogP contribution in [0.3, 0.4) is 0 Å². The summed E-state index contributed by atoms with van der Waals surface area (Å²) in [5.74, 6) is 0.466. The van der Waals surface area contributed by atoms with Crippen LogP contribution in [-0.4, -0.2) is 32.3 Å². The first-order valence-electron chi connectivity index (χ1n) is 6.39. The van der Waals surface area contributed by atoms with Gasteiger partial charge in [0.15, 0.2) is 0 Å². The Morgan fingerprint density at radius 2 is 2.32 bits per heavy atom. The van der Waals surface area contributed by atoms with Gasteiger partial charge in [-0.1, -0.05) is 12.1 Å². The Labute approximate surface area is 113 Å². The maximum absolute atomic E-state index is 12.1. The number of carbonyl (C=O) groups is 1. The Hall–Kier alpha value is -1.59. The second-order valence-electron chi connectivity index (χ2n) is 4.81. The quantitative estimate of drug-likeness (QED) is 0.845. The minimum absolute atomic E-state index is 0.0553. The Kier molecular flexibility index (Phi) is 4.39. The lowest BCUT2D eigenvalue weighted by atomic mass is 10.0. The van der Waals surface area contributed by atoms with E-state index in [0.717, 1.165) is 11.3 Å². The maximum atomic E-state index is 12.1. The molecule has 1 aliphatic rings. The molecule has 2 unspecified atom stereocenters. The third kappa shape index (κ3) is 3.24. The van der Waals surface area contributed by atoms with E-state index < -0.39 is 0 Å². The van der Waals surface area contributed by atoms with Crippen molar-refractivity contribution in [2.75, 3.05) is 20.3 Å². The number of nitrogens with two attached hydrogens (primary N) is 1. The molecule has 0 radical (unpaired) electrons. The number of rotatable bonds is 4. The predicted molar refractivity (Wildman–Crippen MR) is 71.8 cm³/mol. The molecule has 1 aliphatic heterocycles. The number of nitrogens with one attached hydrogen (secondary N) is 1. The lowest BCUT2D eigenvalue weighted by Gasteiger charge is -2.19. The molecule has 0 aromatic heterocycles. The van der Waals surface area contributed by atoms with Crippen LogP contribution in [0.1, 0.15) is 18.5 Å². The second-order valence-corrected chi connectivity index (χ2v) is 4.81. The van der Waals surface area contributed by atoms with Gasteiger partial charge in [0, 0.05) is 6.04 Å². The molecule has 19 heavy (non-hydrogen) atoms. The molecule has 0 spiro atoms. The van der Waals surface area contributed by atoms with Crippen molar-refractivity contribution >= 4 is 5.91 Å². The van der Waals surface area contributed by atoms with E-state index in [-0.39, 0.29) is 23.9 Å². The topological polar surface area (TPSA) is 73.6 Å². The van der Waals surface area contributed by atoms with E-state index >= 15 is 0 Å². The zero-order valence-electron chi connectivity index (χ0n) is 11.3. The van der Waals surface area contributed by atoms with Crippen LogP contribution in [0.25, 0.3) is 0 Å². The van der Waals surface area contributed by atoms with Crippen LogP contribution in [0, 0.1) is 5.92 Å². The predicted octanol–water partition coefficient (Wildman–Crippen LogP) is 0.846. The molecule has 0 saturated carbocycles. The molecule has 1 fully saturated rings. The fourth-order valence-electron chi connectivity index (χ4n) is 2.16. The first kappa shape index (κ1) is 13.8. The highest BCUT2D eigenvalue weighted by Crippen LogP contribution is 2.20. The summed E-state index contributed by atoms with van der Waals surface area (Å²) in [5, 5.41) is 2.97. The summed E-state index contributed by atoms with van der Waals surface area (Å²) in [4.78, 5) is 12.1. The van der Waals surface area contributed by atoms with E-state index in [1.54, 1.807) is 7.11 Å². The normalized spacial score (nSPS) is 23.9. The van der Waals surface area contributed by atoms with Crippen molar-refractivity contribution in [3.8, 4) is 5.75 Å². The van der Waals surface area contributed by atoms with Crippen LogP contribution < -0.4 is 15.8 Å². The highest BCUT2D eigenvalue weighted by atomic mass is 16.5. The van der Waals surface area contributed by atoms with Gasteiger partial charge in [-0.25, -0.2) is 0 Å². The molecule has 0 bridgehead atoms. The minimum Gasteiger partial charge on any atom is -0.497 e. The SMILES string of the molecule is COc1cccc([C@@H](C)NC(=O)C2COCC2N)c1. The monoisotopic (exact) mass is 264 g/mol. The molecule has 104 valence electrons. The molecule has 1 amide bonds. The van der Waals surface area contributed by atoms with Gasteiger partial charge >= 0.3 is 0 Å². The zero-order valence-corrected chi connectivity index (χ0v) is 11.3. The van der Waals surface area contributed by atoms with Crippen molar-refractivity contribution < 1.29 is 14.3 Å². The Balaban J connectivity index is 1.99. The highest BCUT2D eigenvalue weighted by molar-refractivity contribution is 5.80. The summed E-state index contributed by atoms with van der Waals surface area (Å²) < 4.78 is 10.4. The number of carbonyl (C=O) groups excluding carboxylic acids is 1. The molecule has 2 rings (SSSR count). The number of benzene rings is 1. The number of ether oxygens (including phenoxy) is 2. The molecule has 1 aromatic rings. The minimum atomic E-state index is -0.256. The van der Waals surface area contributed by atoms with Crippen LogP contribution >= 0.6 is 0 Å². The van der Waals surface area contributed by atoms with Gasteiger partial charge in [-0.3, -0.25) is 4.79 Å². The average Bonchev–Trinajstić information content (AvgIpc) is 2.85. The maximum Gasteiger partial charge on any atom is 0.227 e. The first-order chi connectivity index (χ1) is 9.11. The summed E-state index contributed by atoms with van der Waals surface area (Å²) in [6, 6.07) is 7.35. The lowest BCUT2D eigenvalue weighted by molar-refractivity contribution is -0.125. The number of methoxy groups -OCH3 is 1. The van der Waals surface area contributed by atoms with Gasteiger partial charge in [0.25, 0.3) is 0 Å². The molecular weight excluding hydrogens is 244 g/mol. The largest absolute Gasteiger partial charge is 0.497 e. The molecule has 5 heteroatoms. The van der Waals surface area contributed by atoms with Gasteiger partial charge in [0.1, 0.15) is 5.75 Å². The van der Waals surface area contributed by atoms with E-state index in [1.807, 2.05) is 31.2 Å². The summed E-state index contributed by atoms with van der Waals surface area (Å²) in [7, 11) is 1.62. The molecule has 3 atom stereocenters. The van der Waals surface area contributed by atoms with Gasteiger partial charge in [0.05, 0.1) is 32.3 Å². The third-order valence-electron chi connectivity index (χ3n) is 3.41. The fraction of sp³-hybridized carbons (Fsp3) is 0.500. The van der Waals surface area contributed by atoms with Gasteiger partial charge in [0.2, 0.25) is 5.91 Å². The molecular formula is C14H20N2O3. The zero-order chi connectivity index (χ0) is 13.8. The molecule has 1 heterocycles. The van der Waals surface area contributed by atoms with Crippen LogP contribution in [-0.2, 0) is 9.53 Å². The number of hydrogen-bond donors (Lipinski definition) is 2. The van der Waals surface area contributed by atoms with E-state index in [1.165, 1.54) is 0 Å². The average molecular weight is 264 g/mol. The molecule has 3 N–H and O–H groups in total. The Morgan fingerprint density at radius 1 is 1.53 bits per heavy atom. The van der Waals surface area contributed by atoms with Crippen molar-refractivity contribution in [3.05, 3.63) is 29.8 Å². The molecule has 1 saturated heterocycles. The van der Waals surface area contributed by atoms with Crippen LogP contribution in [0.5, 0.6) is 5.75 Å². The summed E-state index contributed by atoms with van der Waals surface area (Å²) >= 11 is 0. The van der Waals surface area contributed by atoms with Gasteiger partial charge < -0.3 is 20.5 Å². The summed E-state index contributed by atoms with van der Waals surface area (Å²) in [6.45, 7) is 2.79. The van der Waals surface area contributed by atoms with E-state index in [4.69, 9.17) is 15.2 Å². The van der Waals surface area contributed by atoms with Crippen LogP contribution in [0.2, 0.25) is 0 Å². The highest BCUT2D eigenvalue weighted by Gasteiger charge is 2.31. The Morgan fingerprint density at radius 3 is 2.95 bits per heavy atom. The molecule has 0 aliphatic carbocycles. The van der Waals surface area contributed by atoms with Gasteiger partial charge in [-0.15, -0.1) is 0 Å². The van der Waals surface area contributed by atoms with E-state index in [2.05, 4.69) is 5.32 Å². The first-order valence-corrected chi connectivity index (χ1v) is 6.39. The number of hydrogen-bond acceptors (Lipinski definition) is 4. The van der Waals surface area contributed by atoms with Crippen molar-refractivity contribution in [3.63, 3.8) is 0 Å². The van der Waals surface area contributed by atoms with Crippen LogP contribution in [0.15, 0.2) is 24.3 Å². The van der Waals surface area contributed by atoms with Crippen molar-refractivity contribution in [1.29, 1.82) is 0 Å². The molecule has 5 nitrogen and oxygen atoms in total. The van der Waals surface area contributed by atoms with E-state index in [0.29, 0.717) is 13.2 Å². The van der Waals surface area contributed by atoms with Crippen molar-refractivity contribution in [2.45, 2.75) is 19.0 Å². The Bertz CT molecular complexity index is 450.